The Hall–Kier alpha value is -1.55. The zero-order chi connectivity index (χ0) is 16.6. The molecule has 2 nitrogen and oxygen atoms in total. The van der Waals surface area contributed by atoms with E-state index in [0.717, 1.165) is 21.3 Å². The van der Waals surface area contributed by atoms with Gasteiger partial charge in [-0.25, -0.2) is 0 Å². The van der Waals surface area contributed by atoms with Crippen LogP contribution in [0, 0.1) is 0 Å². The van der Waals surface area contributed by atoms with E-state index in [4.69, 9.17) is 23.2 Å². The van der Waals surface area contributed by atoms with Crippen LogP contribution in [0.3, 0.4) is 0 Å². The molecule has 3 rings (SSSR count). The summed E-state index contributed by atoms with van der Waals surface area (Å²) in [6, 6.07) is 13.3. The van der Waals surface area contributed by atoms with Crippen LogP contribution in [0.5, 0.6) is 0 Å². The fourth-order valence-electron chi connectivity index (χ4n) is 2.51. The normalized spacial score (nSPS) is 11.2. The SMILES string of the molecule is CC(C)c1ccccc1NC(=O)c1sc2cccc(Cl)c2c1Cl. The van der Waals surface area contributed by atoms with Gasteiger partial charge in [0.1, 0.15) is 4.88 Å². The van der Waals surface area contributed by atoms with Crippen molar-refractivity contribution >= 4 is 56.2 Å². The Balaban J connectivity index is 1.99. The van der Waals surface area contributed by atoms with Crippen LogP contribution in [-0.2, 0) is 0 Å². The van der Waals surface area contributed by atoms with Crippen molar-refractivity contribution in [2.75, 3.05) is 5.32 Å². The van der Waals surface area contributed by atoms with Gasteiger partial charge in [-0.05, 0) is 29.7 Å². The van der Waals surface area contributed by atoms with Gasteiger partial charge in [-0.1, -0.05) is 61.3 Å². The molecular formula is C18H15Cl2NOS. The molecule has 0 atom stereocenters. The van der Waals surface area contributed by atoms with Crippen LogP contribution in [0.4, 0.5) is 5.69 Å². The van der Waals surface area contributed by atoms with Gasteiger partial charge in [-0.3, -0.25) is 4.79 Å². The molecule has 118 valence electrons. The molecule has 0 radical (unpaired) electrons. The third-order valence-corrected chi connectivity index (χ3v) is 5.60. The molecule has 0 aliphatic heterocycles. The van der Waals surface area contributed by atoms with E-state index in [1.807, 2.05) is 36.4 Å². The summed E-state index contributed by atoms with van der Waals surface area (Å²) >= 11 is 13.9. The van der Waals surface area contributed by atoms with Crippen molar-refractivity contribution in [3.05, 3.63) is 63.0 Å². The Morgan fingerprint density at radius 1 is 1.09 bits per heavy atom. The van der Waals surface area contributed by atoms with Gasteiger partial charge in [-0.15, -0.1) is 11.3 Å². The van der Waals surface area contributed by atoms with Crippen LogP contribution in [0.25, 0.3) is 10.1 Å². The van der Waals surface area contributed by atoms with Gasteiger partial charge < -0.3 is 5.32 Å². The van der Waals surface area contributed by atoms with Gasteiger partial charge >= 0.3 is 0 Å². The minimum atomic E-state index is -0.208. The number of rotatable bonds is 3. The lowest BCUT2D eigenvalue weighted by atomic mass is 10.0. The second-order valence-electron chi connectivity index (χ2n) is 5.55. The molecule has 1 aromatic heterocycles. The van der Waals surface area contributed by atoms with E-state index in [0.29, 0.717) is 20.8 Å². The van der Waals surface area contributed by atoms with Crippen molar-refractivity contribution in [2.45, 2.75) is 19.8 Å². The number of hydrogen-bond acceptors (Lipinski definition) is 2. The molecule has 1 amide bonds. The molecule has 0 saturated heterocycles. The molecule has 0 aliphatic carbocycles. The van der Waals surface area contributed by atoms with Crippen LogP contribution in [0.15, 0.2) is 42.5 Å². The van der Waals surface area contributed by atoms with Crippen LogP contribution in [0.2, 0.25) is 10.0 Å². The minimum Gasteiger partial charge on any atom is -0.321 e. The Bertz CT molecular complexity index is 886. The first-order valence-electron chi connectivity index (χ1n) is 7.26. The maximum Gasteiger partial charge on any atom is 0.267 e. The number of carbonyl (C=O) groups excluding carboxylic acids is 1. The first-order valence-corrected chi connectivity index (χ1v) is 8.83. The lowest BCUT2D eigenvalue weighted by molar-refractivity contribution is 0.103. The van der Waals surface area contributed by atoms with E-state index in [2.05, 4.69) is 19.2 Å². The lowest BCUT2D eigenvalue weighted by Crippen LogP contribution is -2.12. The van der Waals surface area contributed by atoms with Crippen molar-refractivity contribution < 1.29 is 4.79 Å². The van der Waals surface area contributed by atoms with Gasteiger partial charge in [0.15, 0.2) is 0 Å². The largest absolute Gasteiger partial charge is 0.321 e. The molecule has 0 fully saturated rings. The maximum absolute atomic E-state index is 12.7. The van der Waals surface area contributed by atoms with Crippen molar-refractivity contribution in [2.24, 2.45) is 0 Å². The van der Waals surface area contributed by atoms with E-state index in [1.165, 1.54) is 11.3 Å². The number of fused-ring (bicyclic) bond motifs is 1. The standard InChI is InChI=1S/C18H15Cl2NOS/c1-10(2)11-6-3-4-8-13(11)21-18(22)17-16(20)15-12(19)7-5-9-14(15)23-17/h3-10H,1-2H3,(H,21,22). The van der Waals surface area contributed by atoms with Crippen LogP contribution in [-0.4, -0.2) is 5.91 Å². The van der Waals surface area contributed by atoms with Gasteiger partial charge in [0.2, 0.25) is 0 Å². The van der Waals surface area contributed by atoms with Crippen molar-refractivity contribution in [1.29, 1.82) is 0 Å². The highest BCUT2D eigenvalue weighted by Crippen LogP contribution is 2.39. The molecule has 0 unspecified atom stereocenters. The molecular weight excluding hydrogens is 349 g/mol. The van der Waals surface area contributed by atoms with Gasteiger partial charge in [0.05, 0.1) is 10.0 Å². The van der Waals surface area contributed by atoms with Crippen molar-refractivity contribution in [3.8, 4) is 0 Å². The summed E-state index contributed by atoms with van der Waals surface area (Å²) in [6.07, 6.45) is 0. The number of benzene rings is 2. The molecule has 2 aromatic carbocycles. The first kappa shape index (κ1) is 16.3. The summed E-state index contributed by atoms with van der Waals surface area (Å²) in [6.45, 7) is 4.19. The summed E-state index contributed by atoms with van der Waals surface area (Å²) in [5, 5.41) is 4.69. The molecule has 0 aliphatic rings. The fourth-order valence-corrected chi connectivity index (χ4v) is 4.36. The highest BCUT2D eigenvalue weighted by atomic mass is 35.5. The molecule has 23 heavy (non-hydrogen) atoms. The number of halogens is 2. The highest BCUT2D eigenvalue weighted by molar-refractivity contribution is 7.21. The lowest BCUT2D eigenvalue weighted by Gasteiger charge is -2.13. The third-order valence-electron chi connectivity index (χ3n) is 3.64. The first-order chi connectivity index (χ1) is 11.0. The number of carbonyl (C=O) groups is 1. The molecule has 0 bridgehead atoms. The van der Waals surface area contributed by atoms with E-state index < -0.39 is 0 Å². The summed E-state index contributed by atoms with van der Waals surface area (Å²) in [4.78, 5) is 13.1. The smallest absolute Gasteiger partial charge is 0.267 e. The molecule has 1 heterocycles. The minimum absolute atomic E-state index is 0.208. The van der Waals surface area contributed by atoms with E-state index in [9.17, 15) is 4.79 Å². The maximum atomic E-state index is 12.7. The number of para-hydroxylation sites is 1. The van der Waals surface area contributed by atoms with Gasteiger partial charge in [0, 0.05) is 15.8 Å². The van der Waals surface area contributed by atoms with Crippen molar-refractivity contribution in [3.63, 3.8) is 0 Å². The van der Waals surface area contributed by atoms with Gasteiger partial charge in [0.25, 0.3) is 5.91 Å². The molecule has 3 aromatic rings. The number of anilines is 1. The van der Waals surface area contributed by atoms with E-state index in [-0.39, 0.29) is 5.91 Å². The number of hydrogen-bond donors (Lipinski definition) is 1. The molecule has 0 spiro atoms. The quantitative estimate of drug-likeness (QED) is 0.558. The molecule has 5 heteroatoms. The topological polar surface area (TPSA) is 29.1 Å². The summed E-state index contributed by atoms with van der Waals surface area (Å²) in [5.41, 5.74) is 1.91. The Morgan fingerprint density at radius 2 is 1.83 bits per heavy atom. The van der Waals surface area contributed by atoms with Gasteiger partial charge in [-0.2, -0.15) is 0 Å². The van der Waals surface area contributed by atoms with Crippen LogP contribution >= 0.6 is 34.5 Å². The zero-order valence-electron chi connectivity index (χ0n) is 12.7. The Morgan fingerprint density at radius 3 is 2.52 bits per heavy atom. The number of thiophene rings is 1. The van der Waals surface area contributed by atoms with Crippen LogP contribution in [0.1, 0.15) is 35.0 Å². The van der Waals surface area contributed by atoms with Crippen molar-refractivity contribution in [1.82, 2.24) is 0 Å². The highest BCUT2D eigenvalue weighted by Gasteiger charge is 2.20. The molecule has 0 saturated carbocycles. The average molecular weight is 364 g/mol. The summed E-state index contributed by atoms with van der Waals surface area (Å²) in [7, 11) is 0. The predicted molar refractivity (Wildman–Crippen MR) is 100 cm³/mol. The van der Waals surface area contributed by atoms with E-state index >= 15 is 0 Å². The average Bonchev–Trinajstić information content (AvgIpc) is 2.86. The Labute approximate surface area is 149 Å². The molecule has 1 N–H and O–H groups in total. The second kappa shape index (κ2) is 6.52. The zero-order valence-corrected chi connectivity index (χ0v) is 15.0. The number of nitrogens with one attached hydrogen (secondary N) is 1. The Kier molecular flexibility index (Phi) is 4.62. The number of amides is 1. The monoisotopic (exact) mass is 363 g/mol. The summed E-state index contributed by atoms with van der Waals surface area (Å²) in [5.74, 6) is 0.110. The third kappa shape index (κ3) is 3.09. The van der Waals surface area contributed by atoms with E-state index in [1.54, 1.807) is 6.07 Å². The second-order valence-corrected chi connectivity index (χ2v) is 7.39. The van der Waals surface area contributed by atoms with Crippen LogP contribution < -0.4 is 5.32 Å². The summed E-state index contributed by atoms with van der Waals surface area (Å²) < 4.78 is 0.907. The fraction of sp³-hybridized carbons (Fsp3) is 0.167. The predicted octanol–water partition coefficient (Wildman–Crippen LogP) is 6.58.